The summed E-state index contributed by atoms with van der Waals surface area (Å²) in [5.74, 6) is 0.990. The van der Waals surface area contributed by atoms with Crippen molar-refractivity contribution in [2.75, 3.05) is 5.73 Å². The zero-order valence-corrected chi connectivity index (χ0v) is 10.8. The van der Waals surface area contributed by atoms with Crippen LogP contribution in [-0.2, 0) is 0 Å². The van der Waals surface area contributed by atoms with Gasteiger partial charge in [-0.1, -0.05) is 24.3 Å². The molecule has 0 saturated heterocycles. The van der Waals surface area contributed by atoms with Gasteiger partial charge in [-0.15, -0.1) is 3.96 Å². The Hall–Kier alpha value is -2.40. The first-order chi connectivity index (χ1) is 9.24. The zero-order valence-electron chi connectivity index (χ0n) is 10.0. The van der Waals surface area contributed by atoms with E-state index in [1.165, 1.54) is 11.5 Å². The van der Waals surface area contributed by atoms with Crippen molar-refractivity contribution in [2.24, 2.45) is 0 Å². The molecule has 0 aliphatic heterocycles. The molecule has 0 aliphatic rings. The fraction of sp³-hybridized carbons (Fsp3) is 0. The van der Waals surface area contributed by atoms with E-state index in [4.69, 9.17) is 5.73 Å². The molecular formula is C14H12N3OS+. The average Bonchev–Trinajstić information content (AvgIpc) is 2.82. The maximum Gasteiger partial charge on any atom is 0.350 e. The van der Waals surface area contributed by atoms with Crippen molar-refractivity contribution in [1.29, 1.82) is 0 Å². The van der Waals surface area contributed by atoms with Crippen LogP contribution in [-0.4, -0.2) is 10.1 Å². The normalized spacial score (nSPS) is 10.5. The Bertz CT molecular complexity index is 710. The first-order valence-electron chi connectivity index (χ1n) is 5.78. The minimum absolute atomic E-state index is 0.219. The minimum atomic E-state index is 0.219. The van der Waals surface area contributed by atoms with E-state index < -0.39 is 0 Å². The maximum atomic E-state index is 9.58. The average molecular weight is 270 g/mol. The number of aromatic hydroxyl groups is 1. The Labute approximate surface area is 114 Å². The molecule has 3 rings (SSSR count). The molecule has 0 aliphatic carbocycles. The summed E-state index contributed by atoms with van der Waals surface area (Å²) in [6, 6.07) is 16.8. The summed E-state index contributed by atoms with van der Waals surface area (Å²) in [4.78, 5) is 4.36. The Morgan fingerprint density at radius 3 is 2.58 bits per heavy atom. The van der Waals surface area contributed by atoms with E-state index in [-0.39, 0.29) is 5.75 Å². The standard InChI is InChI=1S/C14H11N3OS/c15-14-16-13(10-5-2-1-3-6-10)17(19-14)11-7-4-8-12(18)9-11/h1-9,15,18H/p+1. The topological polar surface area (TPSA) is 63.0 Å². The van der Waals surface area contributed by atoms with Crippen LogP contribution in [0.3, 0.4) is 0 Å². The van der Waals surface area contributed by atoms with Crippen molar-refractivity contribution in [3.8, 4) is 22.8 Å². The SMILES string of the molecule is Nc1nc(-c2ccccc2)[n+](-c2cccc(O)c2)s1. The lowest BCUT2D eigenvalue weighted by atomic mass is 10.2. The van der Waals surface area contributed by atoms with Crippen LogP contribution in [0.15, 0.2) is 54.6 Å². The second-order valence-corrected chi connectivity index (χ2v) is 5.01. The molecule has 0 spiro atoms. The predicted molar refractivity (Wildman–Crippen MR) is 75.2 cm³/mol. The maximum absolute atomic E-state index is 9.58. The van der Waals surface area contributed by atoms with E-state index in [2.05, 4.69) is 4.98 Å². The first kappa shape index (κ1) is 11.7. The van der Waals surface area contributed by atoms with Crippen LogP contribution in [0, 0.1) is 0 Å². The van der Waals surface area contributed by atoms with Crippen molar-refractivity contribution in [2.45, 2.75) is 0 Å². The highest BCUT2D eigenvalue weighted by Crippen LogP contribution is 2.21. The number of benzene rings is 2. The van der Waals surface area contributed by atoms with E-state index in [0.29, 0.717) is 5.13 Å². The van der Waals surface area contributed by atoms with Crippen molar-refractivity contribution >= 4 is 16.7 Å². The van der Waals surface area contributed by atoms with Crippen molar-refractivity contribution < 1.29 is 9.06 Å². The molecule has 19 heavy (non-hydrogen) atoms. The third-order valence-corrected chi connectivity index (χ3v) is 3.53. The fourth-order valence-corrected chi connectivity index (χ4v) is 2.64. The summed E-state index contributed by atoms with van der Waals surface area (Å²) in [5.41, 5.74) is 7.64. The lowest BCUT2D eigenvalue weighted by Gasteiger charge is -1.98. The van der Waals surface area contributed by atoms with Gasteiger partial charge in [0.25, 0.3) is 0 Å². The number of nitrogen functional groups attached to an aromatic ring is 1. The number of nitrogens with zero attached hydrogens (tertiary/aromatic N) is 2. The second kappa shape index (κ2) is 4.70. The molecule has 0 atom stereocenters. The lowest BCUT2D eigenvalue weighted by molar-refractivity contribution is -0.509. The van der Waals surface area contributed by atoms with Gasteiger partial charge in [0.05, 0.1) is 5.56 Å². The van der Waals surface area contributed by atoms with Gasteiger partial charge in [-0.2, -0.15) is 0 Å². The third kappa shape index (κ3) is 2.28. The smallest absolute Gasteiger partial charge is 0.350 e. The monoisotopic (exact) mass is 270 g/mol. The molecule has 4 nitrogen and oxygen atoms in total. The zero-order chi connectivity index (χ0) is 13.2. The van der Waals surface area contributed by atoms with Gasteiger partial charge < -0.3 is 10.8 Å². The number of nitrogens with two attached hydrogens (primary N) is 1. The largest absolute Gasteiger partial charge is 0.508 e. The van der Waals surface area contributed by atoms with Gasteiger partial charge in [-0.05, 0) is 29.2 Å². The predicted octanol–water partition coefficient (Wildman–Crippen LogP) is 2.37. The molecule has 0 bridgehead atoms. The minimum Gasteiger partial charge on any atom is -0.508 e. The quantitative estimate of drug-likeness (QED) is 0.703. The molecule has 94 valence electrons. The summed E-state index contributed by atoms with van der Waals surface area (Å²) in [5, 5.41) is 10.1. The number of hydrogen-bond donors (Lipinski definition) is 2. The summed E-state index contributed by atoms with van der Waals surface area (Å²) in [6.45, 7) is 0. The lowest BCUT2D eigenvalue weighted by Crippen LogP contribution is -2.27. The molecule has 1 heterocycles. The molecule has 0 saturated carbocycles. The number of rotatable bonds is 2. The van der Waals surface area contributed by atoms with Crippen LogP contribution >= 0.6 is 11.5 Å². The van der Waals surface area contributed by atoms with E-state index in [0.717, 1.165) is 17.1 Å². The van der Waals surface area contributed by atoms with Crippen LogP contribution in [0.1, 0.15) is 0 Å². The van der Waals surface area contributed by atoms with Gasteiger partial charge in [0.2, 0.25) is 0 Å². The molecular weight excluding hydrogens is 258 g/mol. The van der Waals surface area contributed by atoms with Gasteiger partial charge in [0, 0.05) is 6.07 Å². The van der Waals surface area contributed by atoms with Crippen LogP contribution in [0.5, 0.6) is 5.75 Å². The molecule has 3 N–H and O–H groups in total. The molecule has 5 heteroatoms. The Balaban J connectivity index is 2.18. The summed E-state index contributed by atoms with van der Waals surface area (Å²) >= 11 is 1.34. The van der Waals surface area contributed by atoms with Crippen LogP contribution in [0.4, 0.5) is 5.13 Å². The van der Waals surface area contributed by atoms with Gasteiger partial charge in [0.1, 0.15) is 23.0 Å². The van der Waals surface area contributed by atoms with Crippen LogP contribution in [0.25, 0.3) is 17.1 Å². The highest BCUT2D eigenvalue weighted by molar-refractivity contribution is 7.05. The molecule has 3 aromatic rings. The van der Waals surface area contributed by atoms with Crippen molar-refractivity contribution in [3.05, 3.63) is 54.6 Å². The molecule has 0 amide bonds. The van der Waals surface area contributed by atoms with E-state index >= 15 is 0 Å². The highest BCUT2D eigenvalue weighted by atomic mass is 32.1. The summed E-state index contributed by atoms with van der Waals surface area (Å²) in [7, 11) is 0. The van der Waals surface area contributed by atoms with Gasteiger partial charge in [0.15, 0.2) is 0 Å². The van der Waals surface area contributed by atoms with Gasteiger partial charge >= 0.3 is 11.0 Å². The van der Waals surface area contributed by atoms with Crippen LogP contribution in [0.2, 0.25) is 0 Å². The van der Waals surface area contributed by atoms with Crippen molar-refractivity contribution in [1.82, 2.24) is 4.98 Å². The molecule has 0 fully saturated rings. The highest BCUT2D eigenvalue weighted by Gasteiger charge is 2.22. The van der Waals surface area contributed by atoms with Crippen LogP contribution < -0.4 is 9.69 Å². The van der Waals surface area contributed by atoms with E-state index in [1.54, 1.807) is 18.2 Å². The summed E-state index contributed by atoms with van der Waals surface area (Å²) in [6.07, 6.45) is 0. The molecule has 0 radical (unpaired) electrons. The molecule has 0 unspecified atom stereocenters. The number of hydrogen-bond acceptors (Lipinski definition) is 4. The fourth-order valence-electron chi connectivity index (χ4n) is 1.87. The third-order valence-electron chi connectivity index (χ3n) is 2.69. The number of anilines is 1. The van der Waals surface area contributed by atoms with E-state index in [9.17, 15) is 5.11 Å². The summed E-state index contributed by atoms with van der Waals surface area (Å²) < 4.78 is 1.91. The first-order valence-corrected chi connectivity index (χ1v) is 6.55. The number of aromatic nitrogens is 2. The Morgan fingerprint density at radius 2 is 1.84 bits per heavy atom. The number of phenolic OH excluding ortho intramolecular Hbond substituents is 1. The van der Waals surface area contributed by atoms with Gasteiger partial charge in [-0.3, -0.25) is 0 Å². The molecule has 1 aromatic heterocycles. The molecule has 2 aromatic carbocycles. The van der Waals surface area contributed by atoms with Gasteiger partial charge in [-0.25, -0.2) is 0 Å². The second-order valence-electron chi connectivity index (χ2n) is 4.05. The van der Waals surface area contributed by atoms with E-state index in [1.807, 2.05) is 40.4 Å². The Morgan fingerprint density at radius 1 is 1.05 bits per heavy atom. The van der Waals surface area contributed by atoms with Crippen molar-refractivity contribution in [3.63, 3.8) is 0 Å². The number of phenols is 1. The Kier molecular flexibility index (Phi) is 2.89.